The molecule has 0 saturated heterocycles. The predicted molar refractivity (Wildman–Crippen MR) is 71.2 cm³/mol. The van der Waals surface area contributed by atoms with Gasteiger partial charge in [0.2, 0.25) is 0 Å². The number of nitrogens with zero attached hydrogens (tertiary/aromatic N) is 2. The number of halogens is 3. The van der Waals surface area contributed by atoms with Crippen LogP contribution in [-0.2, 0) is 0 Å². The van der Waals surface area contributed by atoms with Crippen molar-refractivity contribution in [1.29, 1.82) is 0 Å². The summed E-state index contributed by atoms with van der Waals surface area (Å²) in [5.74, 6) is -0.604. The maximum atomic E-state index is 12.2. The zero-order valence-corrected chi connectivity index (χ0v) is 11.7. The minimum absolute atomic E-state index is 0.260. The molecule has 1 amide bonds. The Morgan fingerprint density at radius 1 is 1.24 bits per heavy atom. The number of carbonyl (C=O) groups excluding carboxylic acids is 1. The van der Waals surface area contributed by atoms with Gasteiger partial charge in [0.25, 0.3) is 5.91 Å². The van der Waals surface area contributed by atoms with E-state index < -0.39 is 6.36 Å². The Morgan fingerprint density at radius 2 is 1.90 bits per heavy atom. The summed E-state index contributed by atoms with van der Waals surface area (Å²) in [6.45, 7) is 1.68. The minimum Gasteiger partial charge on any atom is -0.406 e. The maximum Gasteiger partial charge on any atom is 0.573 e. The van der Waals surface area contributed by atoms with Crippen LogP contribution in [0.5, 0.6) is 5.75 Å². The lowest BCUT2D eigenvalue weighted by atomic mass is 10.1. The highest BCUT2D eigenvalue weighted by molar-refractivity contribution is 5.98. The van der Waals surface area contributed by atoms with E-state index in [2.05, 4.69) is 9.72 Å². The Hall–Kier alpha value is -2.31. The summed E-state index contributed by atoms with van der Waals surface area (Å²) >= 11 is 0. The van der Waals surface area contributed by atoms with Crippen LogP contribution in [0.3, 0.4) is 0 Å². The van der Waals surface area contributed by atoms with Gasteiger partial charge in [-0.3, -0.25) is 9.78 Å². The molecule has 1 heterocycles. The lowest BCUT2D eigenvalue weighted by Crippen LogP contribution is -2.23. The molecule has 0 aliphatic heterocycles. The average Bonchev–Trinajstić information content (AvgIpc) is 2.35. The van der Waals surface area contributed by atoms with Crippen molar-refractivity contribution in [3.05, 3.63) is 35.5 Å². The van der Waals surface area contributed by atoms with Crippen molar-refractivity contribution in [2.45, 2.75) is 13.3 Å². The van der Waals surface area contributed by atoms with Crippen LogP contribution in [0.4, 0.5) is 13.2 Å². The number of fused-ring (bicyclic) bond motifs is 1. The van der Waals surface area contributed by atoms with Crippen molar-refractivity contribution >= 4 is 16.8 Å². The van der Waals surface area contributed by atoms with Gasteiger partial charge in [-0.05, 0) is 31.2 Å². The SMILES string of the molecule is Cc1nc2ccc(OC(F)(F)F)cc2cc1C(=O)N(C)C. The van der Waals surface area contributed by atoms with E-state index in [1.165, 1.54) is 29.2 Å². The molecule has 7 heteroatoms. The molecule has 1 aromatic carbocycles. The number of alkyl halides is 3. The number of ether oxygens (including phenoxy) is 1. The Morgan fingerprint density at radius 3 is 2.48 bits per heavy atom. The molecule has 0 saturated carbocycles. The van der Waals surface area contributed by atoms with Gasteiger partial charge >= 0.3 is 6.36 Å². The molecule has 1 aromatic heterocycles. The number of amides is 1. The number of hydrogen-bond donors (Lipinski definition) is 0. The Balaban J connectivity index is 2.51. The first-order valence-corrected chi connectivity index (χ1v) is 6.06. The Labute approximate surface area is 119 Å². The van der Waals surface area contributed by atoms with E-state index in [1.807, 2.05) is 0 Å². The standard InChI is InChI=1S/C14H13F3N2O2/c1-8-11(13(20)19(2)3)7-9-6-10(21-14(15,16)17)4-5-12(9)18-8/h4-7H,1-3H3. The second-order valence-corrected chi connectivity index (χ2v) is 4.72. The third kappa shape index (κ3) is 3.42. The molecule has 0 fully saturated rings. The molecule has 112 valence electrons. The molecule has 0 radical (unpaired) electrons. The van der Waals surface area contributed by atoms with E-state index in [9.17, 15) is 18.0 Å². The van der Waals surface area contributed by atoms with E-state index >= 15 is 0 Å². The van der Waals surface area contributed by atoms with Gasteiger partial charge < -0.3 is 9.64 Å². The van der Waals surface area contributed by atoms with Crippen LogP contribution < -0.4 is 4.74 Å². The molecule has 0 spiro atoms. The number of benzene rings is 1. The van der Waals surface area contributed by atoms with Crippen molar-refractivity contribution in [1.82, 2.24) is 9.88 Å². The van der Waals surface area contributed by atoms with Crippen LogP contribution in [0, 0.1) is 6.92 Å². The molecular weight excluding hydrogens is 285 g/mol. The fourth-order valence-corrected chi connectivity index (χ4v) is 1.91. The second-order valence-electron chi connectivity index (χ2n) is 4.72. The van der Waals surface area contributed by atoms with Gasteiger partial charge in [-0.15, -0.1) is 13.2 Å². The van der Waals surface area contributed by atoms with Crippen molar-refractivity contribution in [3.8, 4) is 5.75 Å². The monoisotopic (exact) mass is 298 g/mol. The first-order valence-electron chi connectivity index (χ1n) is 6.06. The predicted octanol–water partition coefficient (Wildman–Crippen LogP) is 3.14. The van der Waals surface area contributed by atoms with Gasteiger partial charge in [-0.25, -0.2) is 0 Å². The molecule has 0 unspecified atom stereocenters. The molecular formula is C14H13F3N2O2. The molecule has 4 nitrogen and oxygen atoms in total. The van der Waals surface area contributed by atoms with Gasteiger partial charge in [0.05, 0.1) is 16.8 Å². The quantitative estimate of drug-likeness (QED) is 0.855. The smallest absolute Gasteiger partial charge is 0.406 e. The van der Waals surface area contributed by atoms with Crippen LogP contribution in [-0.4, -0.2) is 36.2 Å². The summed E-state index contributed by atoms with van der Waals surface area (Å²) in [5.41, 5.74) is 1.36. The van der Waals surface area contributed by atoms with E-state index in [1.54, 1.807) is 21.0 Å². The van der Waals surface area contributed by atoms with E-state index in [-0.39, 0.29) is 11.7 Å². The number of pyridine rings is 1. The zero-order valence-electron chi connectivity index (χ0n) is 11.7. The number of hydrogen-bond acceptors (Lipinski definition) is 3. The van der Waals surface area contributed by atoms with E-state index in [4.69, 9.17) is 0 Å². The first-order chi connectivity index (χ1) is 9.67. The topological polar surface area (TPSA) is 42.4 Å². The highest BCUT2D eigenvalue weighted by Gasteiger charge is 2.31. The molecule has 2 aromatic rings. The maximum absolute atomic E-state index is 12.2. The van der Waals surface area contributed by atoms with Crippen LogP contribution in [0.25, 0.3) is 10.9 Å². The van der Waals surface area contributed by atoms with Crippen LogP contribution in [0.1, 0.15) is 16.1 Å². The number of aromatic nitrogens is 1. The van der Waals surface area contributed by atoms with E-state index in [0.717, 1.165) is 0 Å². The highest BCUT2D eigenvalue weighted by atomic mass is 19.4. The van der Waals surface area contributed by atoms with Gasteiger partial charge in [0, 0.05) is 19.5 Å². The normalized spacial score (nSPS) is 11.5. The fraction of sp³-hybridized carbons (Fsp3) is 0.286. The van der Waals surface area contributed by atoms with Crippen LogP contribution in [0.15, 0.2) is 24.3 Å². The van der Waals surface area contributed by atoms with Gasteiger partial charge in [-0.1, -0.05) is 0 Å². The van der Waals surface area contributed by atoms with Crippen LogP contribution in [0.2, 0.25) is 0 Å². The summed E-state index contributed by atoms with van der Waals surface area (Å²) in [4.78, 5) is 17.6. The molecule has 21 heavy (non-hydrogen) atoms. The second kappa shape index (κ2) is 5.23. The number of rotatable bonds is 2. The summed E-state index contributed by atoms with van der Waals surface area (Å²) in [7, 11) is 3.18. The summed E-state index contributed by atoms with van der Waals surface area (Å²) < 4.78 is 40.5. The van der Waals surface area contributed by atoms with Crippen LogP contribution >= 0.6 is 0 Å². The Bertz CT molecular complexity index is 696. The van der Waals surface area contributed by atoms with Gasteiger partial charge in [0.15, 0.2) is 0 Å². The summed E-state index contributed by atoms with van der Waals surface area (Å²) in [5, 5.41) is 0.410. The molecule has 0 aliphatic rings. The van der Waals surface area contributed by atoms with Crippen molar-refractivity contribution in [3.63, 3.8) is 0 Å². The third-order valence-corrected chi connectivity index (χ3v) is 2.85. The fourth-order valence-electron chi connectivity index (χ4n) is 1.91. The lowest BCUT2D eigenvalue weighted by Gasteiger charge is -2.13. The van der Waals surface area contributed by atoms with Gasteiger partial charge in [-0.2, -0.15) is 0 Å². The molecule has 0 bridgehead atoms. The average molecular weight is 298 g/mol. The third-order valence-electron chi connectivity index (χ3n) is 2.85. The van der Waals surface area contributed by atoms with Gasteiger partial charge in [0.1, 0.15) is 5.75 Å². The molecule has 0 N–H and O–H groups in total. The van der Waals surface area contributed by atoms with Crippen molar-refractivity contribution in [2.75, 3.05) is 14.1 Å². The van der Waals surface area contributed by atoms with Crippen molar-refractivity contribution in [2.24, 2.45) is 0 Å². The highest BCUT2D eigenvalue weighted by Crippen LogP contribution is 2.27. The largest absolute Gasteiger partial charge is 0.573 e. The summed E-state index contributed by atoms with van der Waals surface area (Å²) in [6, 6.07) is 5.34. The number of aryl methyl sites for hydroxylation is 1. The zero-order chi connectivity index (χ0) is 15.8. The first kappa shape index (κ1) is 15.1. The molecule has 0 atom stereocenters. The lowest BCUT2D eigenvalue weighted by molar-refractivity contribution is -0.274. The Kier molecular flexibility index (Phi) is 3.76. The molecule has 2 rings (SSSR count). The number of carbonyl (C=O) groups is 1. The molecule has 0 aliphatic carbocycles. The minimum atomic E-state index is -4.76. The van der Waals surface area contributed by atoms with E-state index in [0.29, 0.717) is 22.2 Å². The van der Waals surface area contributed by atoms with Crippen molar-refractivity contribution < 1.29 is 22.7 Å². The summed E-state index contributed by atoms with van der Waals surface area (Å²) in [6.07, 6.45) is -4.76.